The van der Waals surface area contributed by atoms with Crippen molar-refractivity contribution in [2.75, 3.05) is 18.7 Å². The van der Waals surface area contributed by atoms with Crippen molar-refractivity contribution in [3.63, 3.8) is 0 Å². The van der Waals surface area contributed by atoms with Gasteiger partial charge in [-0.1, -0.05) is 12.8 Å². The lowest BCUT2D eigenvalue weighted by atomic mass is 10.1. The van der Waals surface area contributed by atoms with E-state index in [4.69, 9.17) is 0 Å². The minimum absolute atomic E-state index is 0.0400. The highest BCUT2D eigenvalue weighted by atomic mass is 32.2. The predicted octanol–water partition coefficient (Wildman–Crippen LogP) is 2.13. The summed E-state index contributed by atoms with van der Waals surface area (Å²) in [4.78, 5) is 33.0. The van der Waals surface area contributed by atoms with Gasteiger partial charge in [-0.2, -0.15) is 0 Å². The molecule has 2 heterocycles. The first kappa shape index (κ1) is 16.3. The normalized spacial score (nSPS) is 21.6. The van der Waals surface area contributed by atoms with Crippen LogP contribution in [0.1, 0.15) is 31.2 Å². The largest absolute Gasteiger partial charge is 0.340 e. The van der Waals surface area contributed by atoms with E-state index in [0.29, 0.717) is 18.2 Å². The van der Waals surface area contributed by atoms with Crippen molar-refractivity contribution in [3.05, 3.63) is 30.1 Å². The first-order valence-electron chi connectivity index (χ1n) is 8.19. The Morgan fingerprint density at radius 1 is 1.30 bits per heavy atom. The van der Waals surface area contributed by atoms with E-state index in [1.54, 1.807) is 29.1 Å². The zero-order chi connectivity index (χ0) is 16.2. The Labute approximate surface area is 141 Å². The number of pyridine rings is 1. The number of rotatable bonds is 4. The fraction of sp³-hybridized carbons (Fsp3) is 0.588. The molecule has 0 N–H and O–H groups in total. The van der Waals surface area contributed by atoms with E-state index >= 15 is 0 Å². The first-order chi connectivity index (χ1) is 11.2. The summed E-state index contributed by atoms with van der Waals surface area (Å²) in [5.41, 5.74) is 1.05. The third-order valence-corrected chi connectivity index (χ3v) is 5.71. The van der Waals surface area contributed by atoms with Gasteiger partial charge in [0.15, 0.2) is 0 Å². The molecule has 0 aromatic carbocycles. The molecule has 5 nitrogen and oxygen atoms in total. The van der Waals surface area contributed by atoms with Gasteiger partial charge >= 0.3 is 0 Å². The van der Waals surface area contributed by atoms with Crippen LogP contribution in [0.25, 0.3) is 0 Å². The van der Waals surface area contributed by atoms with Crippen molar-refractivity contribution in [3.8, 4) is 0 Å². The molecule has 0 radical (unpaired) electrons. The van der Waals surface area contributed by atoms with Gasteiger partial charge in [-0.25, -0.2) is 0 Å². The lowest BCUT2D eigenvalue weighted by Crippen LogP contribution is -2.49. The molecule has 1 aromatic rings. The Kier molecular flexibility index (Phi) is 5.20. The lowest BCUT2D eigenvalue weighted by Gasteiger charge is -2.29. The Morgan fingerprint density at radius 3 is 2.70 bits per heavy atom. The van der Waals surface area contributed by atoms with Crippen LogP contribution in [0.15, 0.2) is 24.5 Å². The van der Waals surface area contributed by atoms with Gasteiger partial charge in [-0.3, -0.25) is 14.6 Å². The highest BCUT2D eigenvalue weighted by Gasteiger charge is 2.39. The summed E-state index contributed by atoms with van der Waals surface area (Å²) in [7, 11) is 1.81. The van der Waals surface area contributed by atoms with Crippen LogP contribution in [0.3, 0.4) is 0 Å². The molecule has 1 atom stereocenters. The van der Waals surface area contributed by atoms with E-state index in [1.165, 1.54) is 0 Å². The minimum Gasteiger partial charge on any atom is -0.340 e. The Balaban J connectivity index is 1.64. The van der Waals surface area contributed by atoms with Gasteiger partial charge in [0, 0.05) is 37.7 Å². The fourth-order valence-corrected chi connectivity index (χ4v) is 4.52. The number of thioether (sulfide) groups is 1. The molecule has 1 aromatic heterocycles. The van der Waals surface area contributed by atoms with Gasteiger partial charge in [-0.15, -0.1) is 11.8 Å². The number of likely N-dealkylation sites (N-methyl/N-ethyl adjacent to an activating group) is 1. The maximum Gasteiger partial charge on any atom is 0.246 e. The number of amides is 2. The topological polar surface area (TPSA) is 53.5 Å². The molecule has 23 heavy (non-hydrogen) atoms. The number of hydrogen-bond acceptors (Lipinski definition) is 4. The number of aromatic nitrogens is 1. The quantitative estimate of drug-likeness (QED) is 0.847. The van der Waals surface area contributed by atoms with Gasteiger partial charge in [0.1, 0.15) is 6.04 Å². The molecule has 1 aliphatic heterocycles. The Bertz CT molecular complexity index is 560. The number of carbonyl (C=O) groups excluding carboxylic acids is 2. The number of carbonyl (C=O) groups is 2. The molecule has 2 aliphatic rings. The van der Waals surface area contributed by atoms with Gasteiger partial charge in [0.05, 0.1) is 5.88 Å². The van der Waals surface area contributed by atoms with Gasteiger partial charge in [0.2, 0.25) is 11.8 Å². The first-order valence-corrected chi connectivity index (χ1v) is 9.34. The Morgan fingerprint density at radius 2 is 2.00 bits per heavy atom. The SMILES string of the molecule is CN(Cc1ccncc1)C(=O)C1CSCN1C(=O)C1CCCC1. The minimum atomic E-state index is -0.306. The van der Waals surface area contributed by atoms with Gasteiger partial charge in [0.25, 0.3) is 0 Å². The smallest absolute Gasteiger partial charge is 0.246 e. The van der Waals surface area contributed by atoms with E-state index < -0.39 is 0 Å². The summed E-state index contributed by atoms with van der Waals surface area (Å²) in [5.74, 6) is 1.71. The van der Waals surface area contributed by atoms with Crippen molar-refractivity contribution < 1.29 is 9.59 Å². The highest BCUT2D eigenvalue weighted by molar-refractivity contribution is 7.99. The molecule has 1 aliphatic carbocycles. The average molecular weight is 333 g/mol. The highest BCUT2D eigenvalue weighted by Crippen LogP contribution is 2.31. The maximum absolute atomic E-state index is 12.8. The predicted molar refractivity (Wildman–Crippen MR) is 90.6 cm³/mol. The Hall–Kier alpha value is -1.56. The second-order valence-corrected chi connectivity index (χ2v) is 7.35. The molecule has 3 rings (SSSR count). The van der Waals surface area contributed by atoms with Crippen molar-refractivity contribution in [1.82, 2.24) is 14.8 Å². The van der Waals surface area contributed by atoms with Crippen LogP contribution in [0.2, 0.25) is 0 Å². The fourth-order valence-electron chi connectivity index (χ4n) is 3.37. The molecular weight excluding hydrogens is 310 g/mol. The average Bonchev–Trinajstić information content (AvgIpc) is 3.26. The molecule has 2 fully saturated rings. The van der Waals surface area contributed by atoms with E-state index in [9.17, 15) is 9.59 Å². The lowest BCUT2D eigenvalue weighted by molar-refractivity contribution is -0.145. The van der Waals surface area contributed by atoms with Gasteiger partial charge < -0.3 is 9.80 Å². The molecule has 1 saturated heterocycles. The van der Waals surface area contributed by atoms with Gasteiger partial charge in [-0.05, 0) is 30.5 Å². The molecule has 124 valence electrons. The van der Waals surface area contributed by atoms with E-state index in [2.05, 4.69) is 4.98 Å². The van der Waals surface area contributed by atoms with Crippen LogP contribution in [0.5, 0.6) is 0 Å². The third-order valence-electron chi connectivity index (χ3n) is 4.70. The standard InChI is InChI=1S/C17H23N3O2S/c1-19(10-13-6-8-18-9-7-13)17(22)15-11-23-12-20(15)16(21)14-4-2-3-5-14/h6-9,14-15H,2-5,10-12H2,1H3. The summed E-state index contributed by atoms with van der Waals surface area (Å²) >= 11 is 1.68. The molecule has 1 unspecified atom stereocenters. The van der Waals surface area contributed by atoms with Crippen LogP contribution < -0.4 is 0 Å². The van der Waals surface area contributed by atoms with Crippen molar-refractivity contribution in [2.24, 2.45) is 5.92 Å². The molecule has 2 amide bonds. The molecule has 0 bridgehead atoms. The van der Waals surface area contributed by atoms with Crippen LogP contribution >= 0.6 is 11.8 Å². The van der Waals surface area contributed by atoms with E-state index in [-0.39, 0.29) is 23.8 Å². The molecule has 6 heteroatoms. The maximum atomic E-state index is 12.8. The van der Waals surface area contributed by atoms with E-state index in [1.807, 2.05) is 24.1 Å². The van der Waals surface area contributed by atoms with Crippen molar-refractivity contribution in [1.29, 1.82) is 0 Å². The van der Waals surface area contributed by atoms with Crippen LogP contribution in [-0.2, 0) is 16.1 Å². The summed E-state index contributed by atoms with van der Waals surface area (Å²) in [5, 5.41) is 0. The third kappa shape index (κ3) is 3.68. The van der Waals surface area contributed by atoms with E-state index in [0.717, 1.165) is 31.2 Å². The summed E-state index contributed by atoms with van der Waals surface area (Å²) in [6.45, 7) is 0.550. The molecule has 0 spiro atoms. The van der Waals surface area contributed by atoms with Crippen molar-refractivity contribution in [2.45, 2.75) is 38.3 Å². The zero-order valence-electron chi connectivity index (χ0n) is 13.5. The molecule has 1 saturated carbocycles. The summed E-state index contributed by atoms with van der Waals surface area (Å²) in [6.07, 6.45) is 7.70. The van der Waals surface area contributed by atoms with Crippen molar-refractivity contribution >= 4 is 23.6 Å². The second-order valence-electron chi connectivity index (χ2n) is 6.35. The monoisotopic (exact) mass is 333 g/mol. The van der Waals surface area contributed by atoms with Crippen LogP contribution in [0, 0.1) is 5.92 Å². The zero-order valence-corrected chi connectivity index (χ0v) is 14.3. The summed E-state index contributed by atoms with van der Waals surface area (Å²) < 4.78 is 0. The number of nitrogens with zero attached hydrogens (tertiary/aromatic N) is 3. The summed E-state index contributed by atoms with van der Waals surface area (Å²) in [6, 6.07) is 3.52. The second kappa shape index (κ2) is 7.34. The molecular formula is C17H23N3O2S. The van der Waals surface area contributed by atoms with Crippen LogP contribution in [0.4, 0.5) is 0 Å². The number of hydrogen-bond donors (Lipinski definition) is 0. The van der Waals surface area contributed by atoms with Crippen LogP contribution in [-0.4, -0.2) is 51.3 Å².